The molecular formula is C23H21F3N4O6S. The van der Waals surface area contributed by atoms with Gasteiger partial charge in [0, 0.05) is 43.8 Å². The number of amides is 1. The fourth-order valence-electron chi connectivity index (χ4n) is 3.65. The average Bonchev–Trinajstić information content (AvgIpc) is 2.87. The van der Waals surface area contributed by atoms with E-state index in [0.717, 1.165) is 23.5 Å². The first-order valence-electron chi connectivity index (χ1n) is 10.9. The van der Waals surface area contributed by atoms with Gasteiger partial charge in [0.25, 0.3) is 5.91 Å². The van der Waals surface area contributed by atoms with Crippen LogP contribution in [0.25, 0.3) is 10.9 Å². The molecule has 1 saturated heterocycles. The number of alkyl halides is 3. The molecule has 14 heteroatoms. The molecule has 1 amide bonds. The van der Waals surface area contributed by atoms with Crippen molar-refractivity contribution in [3.05, 3.63) is 59.9 Å². The molecule has 1 aliphatic heterocycles. The van der Waals surface area contributed by atoms with Crippen molar-refractivity contribution in [2.45, 2.75) is 6.18 Å². The first kappa shape index (κ1) is 26.3. The van der Waals surface area contributed by atoms with Crippen LogP contribution in [-0.4, -0.2) is 78.5 Å². The van der Waals surface area contributed by atoms with Gasteiger partial charge in [0.1, 0.15) is 11.4 Å². The van der Waals surface area contributed by atoms with Gasteiger partial charge in [-0.05, 0) is 30.3 Å². The van der Waals surface area contributed by atoms with Gasteiger partial charge in [0.2, 0.25) is 15.9 Å². The second-order valence-corrected chi connectivity index (χ2v) is 10.0. The molecule has 0 aliphatic carbocycles. The zero-order chi connectivity index (χ0) is 26.8. The number of pyridine rings is 2. The van der Waals surface area contributed by atoms with Gasteiger partial charge >= 0.3 is 12.1 Å². The number of ether oxygens (including phenoxy) is 2. The maximum Gasteiger partial charge on any atom is 0.417 e. The van der Waals surface area contributed by atoms with Crippen molar-refractivity contribution in [1.82, 2.24) is 19.2 Å². The van der Waals surface area contributed by atoms with E-state index < -0.39 is 33.5 Å². The highest BCUT2D eigenvalue weighted by atomic mass is 32.2. The SMILES string of the molecule is COC(=O)CS(=O)(=O)N1CCN(C(=O)c2ccc3cc(Oc4ccc(C(F)(F)F)cn4)ccc3n2)CC1. The summed E-state index contributed by atoms with van der Waals surface area (Å²) >= 11 is 0. The Morgan fingerprint density at radius 1 is 1.03 bits per heavy atom. The Bertz CT molecular complexity index is 1420. The molecule has 1 aromatic carbocycles. The number of methoxy groups -OCH3 is 1. The van der Waals surface area contributed by atoms with E-state index in [2.05, 4.69) is 14.7 Å². The molecule has 2 aromatic heterocycles. The van der Waals surface area contributed by atoms with E-state index in [-0.39, 0.29) is 43.7 Å². The summed E-state index contributed by atoms with van der Waals surface area (Å²) in [5.41, 5.74) is -0.238. The number of carbonyl (C=O) groups is 2. The molecule has 0 bridgehead atoms. The Morgan fingerprint density at radius 3 is 2.38 bits per heavy atom. The van der Waals surface area contributed by atoms with Gasteiger partial charge in [-0.3, -0.25) is 9.59 Å². The minimum Gasteiger partial charge on any atom is -0.468 e. The largest absolute Gasteiger partial charge is 0.468 e. The van der Waals surface area contributed by atoms with Crippen LogP contribution in [0.3, 0.4) is 0 Å². The summed E-state index contributed by atoms with van der Waals surface area (Å²) in [5, 5.41) is 0.625. The highest BCUT2D eigenvalue weighted by molar-refractivity contribution is 7.89. The Hall–Kier alpha value is -3.78. The number of halogens is 3. The predicted octanol–water partition coefficient (Wildman–Crippen LogP) is 2.70. The van der Waals surface area contributed by atoms with Crippen molar-refractivity contribution in [3.8, 4) is 11.6 Å². The Labute approximate surface area is 209 Å². The number of esters is 1. The number of benzene rings is 1. The predicted molar refractivity (Wildman–Crippen MR) is 124 cm³/mol. The number of carbonyl (C=O) groups excluding carboxylic acids is 2. The standard InChI is InChI=1S/C23H21F3N4O6S/c1-35-21(31)14-37(33,34)30-10-8-29(9-11-30)22(32)19-5-2-15-12-17(4-6-18(15)28-19)36-20-7-3-16(13-27-20)23(24,25)26/h2-7,12-13H,8-11,14H2,1H3. The van der Waals surface area contributed by atoms with Crippen LogP contribution in [0.2, 0.25) is 0 Å². The number of piperazine rings is 1. The summed E-state index contributed by atoms with van der Waals surface area (Å²) < 4.78 is 73.8. The van der Waals surface area contributed by atoms with Gasteiger partial charge in [-0.1, -0.05) is 6.07 Å². The van der Waals surface area contributed by atoms with Crippen LogP contribution < -0.4 is 4.74 Å². The normalized spacial score (nSPS) is 15.0. The van der Waals surface area contributed by atoms with Crippen LogP contribution in [0.4, 0.5) is 13.2 Å². The number of fused-ring (bicyclic) bond motifs is 1. The lowest BCUT2D eigenvalue weighted by Gasteiger charge is -2.33. The highest BCUT2D eigenvalue weighted by Crippen LogP contribution is 2.30. The Kier molecular flexibility index (Phi) is 7.32. The molecule has 0 saturated carbocycles. The summed E-state index contributed by atoms with van der Waals surface area (Å²) in [5.74, 6) is -1.68. The summed E-state index contributed by atoms with van der Waals surface area (Å²) in [7, 11) is -2.73. The van der Waals surface area contributed by atoms with Gasteiger partial charge in [-0.15, -0.1) is 0 Å². The van der Waals surface area contributed by atoms with E-state index in [1.54, 1.807) is 24.3 Å². The molecule has 3 heterocycles. The molecular weight excluding hydrogens is 517 g/mol. The average molecular weight is 539 g/mol. The molecule has 10 nitrogen and oxygen atoms in total. The number of aromatic nitrogens is 2. The molecule has 0 radical (unpaired) electrons. The molecule has 0 atom stereocenters. The van der Waals surface area contributed by atoms with E-state index in [9.17, 15) is 31.2 Å². The molecule has 1 fully saturated rings. The highest BCUT2D eigenvalue weighted by Gasteiger charge is 2.32. The molecule has 4 rings (SSSR count). The van der Waals surface area contributed by atoms with Gasteiger partial charge in [-0.2, -0.15) is 17.5 Å². The van der Waals surface area contributed by atoms with Crippen LogP contribution >= 0.6 is 0 Å². The van der Waals surface area contributed by atoms with Crippen molar-refractivity contribution >= 4 is 32.8 Å². The minimum atomic E-state index is -4.49. The van der Waals surface area contributed by atoms with Crippen LogP contribution in [0.15, 0.2) is 48.7 Å². The third-order valence-corrected chi connectivity index (χ3v) is 7.37. The zero-order valence-corrected chi connectivity index (χ0v) is 20.3. The zero-order valence-electron chi connectivity index (χ0n) is 19.4. The van der Waals surface area contributed by atoms with Crippen molar-refractivity contribution in [2.75, 3.05) is 39.0 Å². The number of hydrogen-bond acceptors (Lipinski definition) is 8. The summed E-state index contributed by atoms with van der Waals surface area (Å²) in [6.45, 7) is 0.340. The third-order valence-electron chi connectivity index (χ3n) is 5.61. The molecule has 0 spiro atoms. The van der Waals surface area contributed by atoms with E-state index in [0.29, 0.717) is 22.8 Å². The van der Waals surface area contributed by atoms with Crippen LogP contribution in [0.5, 0.6) is 11.6 Å². The molecule has 1 aliphatic rings. The van der Waals surface area contributed by atoms with Crippen molar-refractivity contribution in [1.29, 1.82) is 0 Å². The fraction of sp³-hybridized carbons (Fsp3) is 0.304. The maximum atomic E-state index is 12.9. The number of rotatable bonds is 6. The lowest BCUT2D eigenvalue weighted by molar-refractivity contribution is -0.138. The van der Waals surface area contributed by atoms with E-state index in [1.807, 2.05) is 0 Å². The Balaban J connectivity index is 1.41. The lowest BCUT2D eigenvalue weighted by atomic mass is 10.2. The van der Waals surface area contributed by atoms with Gasteiger partial charge in [-0.25, -0.2) is 18.4 Å². The van der Waals surface area contributed by atoms with Gasteiger partial charge in [0.05, 0.1) is 18.2 Å². The smallest absolute Gasteiger partial charge is 0.417 e. The summed E-state index contributed by atoms with van der Waals surface area (Å²) in [6, 6.07) is 9.92. The first-order valence-corrected chi connectivity index (χ1v) is 12.5. The monoisotopic (exact) mass is 538 g/mol. The molecule has 196 valence electrons. The Morgan fingerprint density at radius 2 is 1.76 bits per heavy atom. The molecule has 0 unspecified atom stereocenters. The van der Waals surface area contributed by atoms with Crippen molar-refractivity contribution in [3.63, 3.8) is 0 Å². The summed E-state index contributed by atoms with van der Waals surface area (Å²) in [6.07, 6.45) is -3.81. The second kappa shape index (κ2) is 10.3. The molecule has 37 heavy (non-hydrogen) atoms. The van der Waals surface area contributed by atoms with E-state index in [1.165, 1.54) is 11.0 Å². The van der Waals surface area contributed by atoms with E-state index in [4.69, 9.17) is 4.74 Å². The van der Waals surface area contributed by atoms with Crippen LogP contribution in [0, 0.1) is 0 Å². The van der Waals surface area contributed by atoms with Crippen molar-refractivity contribution < 1.29 is 40.7 Å². The van der Waals surface area contributed by atoms with Crippen molar-refractivity contribution in [2.24, 2.45) is 0 Å². The number of nitrogens with zero attached hydrogens (tertiary/aromatic N) is 4. The number of hydrogen-bond donors (Lipinski definition) is 0. The summed E-state index contributed by atoms with van der Waals surface area (Å²) in [4.78, 5) is 33.8. The van der Waals surface area contributed by atoms with Crippen LogP contribution in [0.1, 0.15) is 16.1 Å². The quantitative estimate of drug-likeness (QED) is 0.440. The first-order chi connectivity index (χ1) is 17.5. The third kappa shape index (κ3) is 6.14. The van der Waals surface area contributed by atoms with Gasteiger partial charge in [0.15, 0.2) is 5.75 Å². The lowest BCUT2D eigenvalue weighted by Crippen LogP contribution is -2.51. The topological polar surface area (TPSA) is 119 Å². The van der Waals surface area contributed by atoms with Crippen LogP contribution in [-0.2, 0) is 25.7 Å². The maximum absolute atomic E-state index is 12.9. The fourth-order valence-corrected chi connectivity index (χ4v) is 4.96. The van der Waals surface area contributed by atoms with E-state index >= 15 is 0 Å². The second-order valence-electron chi connectivity index (χ2n) is 8.06. The van der Waals surface area contributed by atoms with Gasteiger partial charge < -0.3 is 14.4 Å². The number of sulfonamides is 1. The molecule has 0 N–H and O–H groups in total. The minimum absolute atomic E-state index is 0.0140. The molecule has 3 aromatic rings.